The van der Waals surface area contributed by atoms with Gasteiger partial charge in [-0.25, -0.2) is 0 Å². The molecule has 0 bridgehead atoms. The second-order valence-electron chi connectivity index (χ2n) is 5.30. The molecule has 0 radical (unpaired) electrons. The molecule has 0 aliphatic carbocycles. The largest absolute Gasteiger partial charge is 0.267 e. The average Bonchev–Trinajstić information content (AvgIpc) is 2.43. The van der Waals surface area contributed by atoms with Crippen molar-refractivity contribution in [3.63, 3.8) is 0 Å². The lowest BCUT2D eigenvalue weighted by Crippen LogP contribution is -1.93. The first-order chi connectivity index (χ1) is 9.41. The van der Waals surface area contributed by atoms with Crippen molar-refractivity contribution < 1.29 is 0 Å². The molecule has 2 nitrogen and oxygen atoms in total. The monoisotopic (exact) mass is 284 g/mol. The van der Waals surface area contributed by atoms with Gasteiger partial charge in [0.15, 0.2) is 6.19 Å². The van der Waals surface area contributed by atoms with Crippen LogP contribution in [0.15, 0.2) is 0 Å². The fourth-order valence-electron chi connectivity index (χ4n) is 2.28. The second kappa shape index (κ2) is 17.6. The van der Waals surface area contributed by atoms with Crippen molar-refractivity contribution in [1.29, 1.82) is 5.26 Å². The molecule has 1 N–H and O–H groups in total. The lowest BCUT2D eigenvalue weighted by Gasteiger charge is -2.02. The molecule has 0 saturated carbocycles. The molecule has 0 aromatic rings. The van der Waals surface area contributed by atoms with Crippen LogP contribution in [0.4, 0.5) is 0 Å². The maximum absolute atomic E-state index is 8.29. The van der Waals surface area contributed by atoms with E-state index in [1.807, 2.05) is 6.19 Å². The number of unbranched alkanes of at least 4 members (excludes halogenated alkanes) is 12. The molecule has 0 fully saturated rings. The van der Waals surface area contributed by atoms with Gasteiger partial charge in [0.2, 0.25) is 0 Å². The van der Waals surface area contributed by atoms with Gasteiger partial charge in [0.25, 0.3) is 0 Å². The summed E-state index contributed by atoms with van der Waals surface area (Å²) < 4.78 is 2.61. The van der Waals surface area contributed by atoms with Crippen molar-refractivity contribution in [2.24, 2.45) is 0 Å². The van der Waals surface area contributed by atoms with E-state index in [9.17, 15) is 0 Å². The van der Waals surface area contributed by atoms with E-state index in [1.54, 1.807) is 0 Å². The smallest absolute Gasteiger partial charge is 0.187 e. The predicted octanol–water partition coefficient (Wildman–Crippen LogP) is 5.80. The molecular weight excluding hydrogens is 252 g/mol. The van der Waals surface area contributed by atoms with Crippen molar-refractivity contribution in [3.05, 3.63) is 0 Å². The number of rotatable bonds is 15. The number of nitriles is 1. The molecule has 0 rings (SSSR count). The molecule has 0 saturated heterocycles. The molecule has 19 heavy (non-hydrogen) atoms. The molecule has 0 aliphatic rings. The van der Waals surface area contributed by atoms with Crippen LogP contribution in [0.25, 0.3) is 0 Å². The summed E-state index contributed by atoms with van der Waals surface area (Å²) in [6.45, 7) is 2.28. The summed E-state index contributed by atoms with van der Waals surface area (Å²) >= 11 is 1.53. The van der Waals surface area contributed by atoms with Gasteiger partial charge in [-0.3, -0.25) is 4.72 Å². The minimum absolute atomic E-state index is 1.06. The summed E-state index contributed by atoms with van der Waals surface area (Å²) in [7, 11) is 0. The minimum atomic E-state index is 1.06. The molecule has 0 amide bonds. The number of hydrogen-bond acceptors (Lipinski definition) is 3. The van der Waals surface area contributed by atoms with Crippen LogP contribution in [0.2, 0.25) is 0 Å². The molecule has 0 atom stereocenters. The van der Waals surface area contributed by atoms with Crippen molar-refractivity contribution in [2.75, 3.05) is 5.75 Å². The van der Waals surface area contributed by atoms with E-state index in [0.29, 0.717) is 0 Å². The number of nitrogens with one attached hydrogen (secondary N) is 1. The fraction of sp³-hybridized carbons (Fsp3) is 0.938. The highest BCUT2D eigenvalue weighted by Gasteiger charge is 1.94. The Morgan fingerprint density at radius 1 is 0.737 bits per heavy atom. The van der Waals surface area contributed by atoms with E-state index in [-0.39, 0.29) is 0 Å². The average molecular weight is 285 g/mol. The molecule has 0 aromatic carbocycles. The van der Waals surface area contributed by atoms with Crippen LogP contribution in [-0.2, 0) is 0 Å². The van der Waals surface area contributed by atoms with Gasteiger partial charge in [0.1, 0.15) is 0 Å². The third-order valence-corrected chi connectivity index (χ3v) is 4.20. The Labute approximate surface area is 124 Å². The summed E-state index contributed by atoms with van der Waals surface area (Å²) in [4.78, 5) is 0. The van der Waals surface area contributed by atoms with Gasteiger partial charge in [-0.15, -0.1) is 0 Å². The van der Waals surface area contributed by atoms with Crippen LogP contribution in [0.5, 0.6) is 0 Å². The Balaban J connectivity index is 2.90. The highest BCUT2D eigenvalue weighted by molar-refractivity contribution is 7.97. The quantitative estimate of drug-likeness (QED) is 0.179. The maximum atomic E-state index is 8.29. The molecule has 0 aliphatic heterocycles. The van der Waals surface area contributed by atoms with E-state index in [4.69, 9.17) is 5.26 Å². The van der Waals surface area contributed by atoms with Gasteiger partial charge < -0.3 is 0 Å². The predicted molar refractivity (Wildman–Crippen MR) is 86.9 cm³/mol. The molecule has 3 heteroatoms. The molecule has 0 spiro atoms. The zero-order chi connectivity index (χ0) is 14.0. The first-order valence-corrected chi connectivity index (χ1v) is 9.16. The van der Waals surface area contributed by atoms with E-state index in [0.717, 1.165) is 5.75 Å². The molecule has 0 unspecified atom stereocenters. The van der Waals surface area contributed by atoms with Gasteiger partial charge in [-0.05, 0) is 18.4 Å². The van der Waals surface area contributed by atoms with E-state index in [1.165, 1.54) is 95.4 Å². The lowest BCUT2D eigenvalue weighted by molar-refractivity contribution is 0.543. The van der Waals surface area contributed by atoms with Crippen LogP contribution in [-0.4, -0.2) is 5.75 Å². The standard InChI is InChI=1S/C16H32N2S/c1-2-3-4-5-6-7-8-9-10-11-12-13-14-15-19-18-16-17/h18H,2-15H2,1H3. The number of hydrogen-bond donors (Lipinski definition) is 1. The van der Waals surface area contributed by atoms with Gasteiger partial charge in [-0.2, -0.15) is 5.26 Å². The summed E-state index contributed by atoms with van der Waals surface area (Å²) in [6.07, 6.45) is 20.1. The Kier molecular flexibility index (Phi) is 17.3. The van der Waals surface area contributed by atoms with Gasteiger partial charge in [-0.1, -0.05) is 84.0 Å². The Bertz CT molecular complexity index is 201. The fourth-order valence-corrected chi connectivity index (χ4v) is 2.79. The van der Waals surface area contributed by atoms with Crippen molar-refractivity contribution in [3.8, 4) is 6.19 Å². The highest BCUT2D eigenvalue weighted by atomic mass is 32.2. The molecule has 0 heterocycles. The summed E-state index contributed by atoms with van der Waals surface area (Å²) in [6, 6.07) is 0. The van der Waals surface area contributed by atoms with E-state index < -0.39 is 0 Å². The summed E-state index contributed by atoms with van der Waals surface area (Å²) in [5.74, 6) is 1.06. The van der Waals surface area contributed by atoms with Crippen LogP contribution in [0.3, 0.4) is 0 Å². The Hall–Kier alpha value is -0.360. The van der Waals surface area contributed by atoms with Crippen LogP contribution in [0.1, 0.15) is 90.4 Å². The van der Waals surface area contributed by atoms with Gasteiger partial charge in [0.05, 0.1) is 0 Å². The van der Waals surface area contributed by atoms with E-state index >= 15 is 0 Å². The van der Waals surface area contributed by atoms with E-state index in [2.05, 4.69) is 11.6 Å². The third-order valence-electron chi connectivity index (χ3n) is 3.47. The van der Waals surface area contributed by atoms with Crippen LogP contribution >= 0.6 is 11.9 Å². The molecule has 112 valence electrons. The first-order valence-electron chi connectivity index (χ1n) is 8.17. The second-order valence-corrected chi connectivity index (χ2v) is 6.21. The van der Waals surface area contributed by atoms with Crippen molar-refractivity contribution in [1.82, 2.24) is 4.72 Å². The highest BCUT2D eigenvalue weighted by Crippen LogP contribution is 2.12. The number of nitrogens with zero attached hydrogens (tertiary/aromatic N) is 1. The maximum Gasteiger partial charge on any atom is 0.187 e. The first kappa shape index (κ1) is 18.6. The zero-order valence-corrected chi connectivity index (χ0v) is 13.6. The Morgan fingerprint density at radius 2 is 1.16 bits per heavy atom. The Morgan fingerprint density at radius 3 is 1.58 bits per heavy atom. The SMILES string of the molecule is CCCCCCCCCCCCCCCSNC#N. The zero-order valence-electron chi connectivity index (χ0n) is 12.8. The normalized spacial score (nSPS) is 10.3. The van der Waals surface area contributed by atoms with Crippen molar-refractivity contribution in [2.45, 2.75) is 90.4 Å². The molecular formula is C16H32N2S. The summed E-state index contributed by atoms with van der Waals surface area (Å²) in [5, 5.41) is 8.29. The minimum Gasteiger partial charge on any atom is -0.267 e. The topological polar surface area (TPSA) is 35.8 Å². The lowest BCUT2D eigenvalue weighted by atomic mass is 10.1. The molecule has 0 aromatic heterocycles. The van der Waals surface area contributed by atoms with Gasteiger partial charge in [0, 0.05) is 5.75 Å². The summed E-state index contributed by atoms with van der Waals surface area (Å²) in [5.41, 5.74) is 0. The van der Waals surface area contributed by atoms with Crippen molar-refractivity contribution >= 4 is 11.9 Å². The van der Waals surface area contributed by atoms with Gasteiger partial charge >= 0.3 is 0 Å². The van der Waals surface area contributed by atoms with Crippen LogP contribution < -0.4 is 4.72 Å². The van der Waals surface area contributed by atoms with Crippen LogP contribution in [0, 0.1) is 11.5 Å². The third kappa shape index (κ3) is 17.6.